The van der Waals surface area contributed by atoms with Crippen LogP contribution in [-0.2, 0) is 0 Å². The van der Waals surface area contributed by atoms with Crippen molar-refractivity contribution in [2.24, 2.45) is 0 Å². The maximum Gasteiger partial charge on any atom is 0.443 e. The van der Waals surface area contributed by atoms with Crippen molar-refractivity contribution in [1.82, 2.24) is 8.76 Å². The summed E-state index contributed by atoms with van der Waals surface area (Å²) in [6.45, 7) is 8.99. The van der Waals surface area contributed by atoms with Gasteiger partial charge in [-0.2, -0.15) is 0 Å². The maximum atomic E-state index is 4.85. The van der Waals surface area contributed by atoms with Gasteiger partial charge >= 0.3 is 14.4 Å². The monoisotopic (exact) mass is 348 g/mol. The van der Waals surface area contributed by atoms with E-state index in [0.717, 1.165) is 0 Å². The predicted octanol–water partition coefficient (Wildman–Crippen LogP) is 7.06. The van der Waals surface area contributed by atoms with Gasteiger partial charge in [0, 0.05) is 5.69 Å². The van der Waals surface area contributed by atoms with Crippen molar-refractivity contribution in [3.8, 4) is 0 Å². The number of unbranched alkanes of at least 4 members (excludes halogenated alkanes) is 10. The normalized spacial score (nSPS) is 11.2. The Balaban J connectivity index is 2.37. The molecule has 0 saturated heterocycles. The molecule has 0 amide bonds. The molecule has 0 fully saturated rings. The molecule has 3 heteroatoms. The van der Waals surface area contributed by atoms with Crippen molar-refractivity contribution in [3.63, 3.8) is 0 Å². The van der Waals surface area contributed by atoms with Crippen LogP contribution in [0, 0.1) is 13.8 Å². The first-order valence-corrected chi connectivity index (χ1v) is 12.9. The third-order valence-corrected chi connectivity index (χ3v) is 8.54. The van der Waals surface area contributed by atoms with Gasteiger partial charge in [0.15, 0.2) is 0 Å². The summed E-state index contributed by atoms with van der Waals surface area (Å²) in [4.78, 5) is 0. The van der Waals surface area contributed by atoms with E-state index in [1.807, 2.05) is 0 Å². The van der Waals surface area contributed by atoms with Gasteiger partial charge in [0.1, 0.15) is 0 Å². The quantitative estimate of drug-likeness (QED) is 0.245. The Kier molecular flexibility index (Phi) is 12.7. The van der Waals surface area contributed by atoms with Crippen molar-refractivity contribution >= 4 is 14.4 Å². The lowest BCUT2D eigenvalue weighted by Crippen LogP contribution is -2.26. The molecule has 0 saturated carbocycles. The van der Waals surface area contributed by atoms with Gasteiger partial charge in [0.2, 0.25) is 0 Å². The van der Waals surface area contributed by atoms with Gasteiger partial charge in [0.25, 0.3) is 0 Å². The topological polar surface area (TPSA) is 17.8 Å². The fraction of sp³-hybridized carbons (Fsp3) is 0.857. The van der Waals surface area contributed by atoms with Crippen LogP contribution in [0.2, 0.25) is 10.6 Å². The fourth-order valence-electron chi connectivity index (χ4n) is 3.73. The Bertz CT molecular complexity index is 398. The lowest BCUT2D eigenvalue weighted by Gasteiger charge is -2.14. The van der Waals surface area contributed by atoms with Crippen LogP contribution in [0.15, 0.2) is 6.07 Å². The predicted molar refractivity (Wildman–Crippen MR) is 109 cm³/mol. The fourth-order valence-corrected chi connectivity index (χ4v) is 7.02. The van der Waals surface area contributed by atoms with E-state index in [4.69, 9.17) is 5.10 Å². The SMILES string of the molecule is CCCCCCC[CH2][Al]([CH2]CCCCCCC)[n]1nc(C)cc1C. The van der Waals surface area contributed by atoms with Crippen molar-refractivity contribution in [2.45, 2.75) is 115 Å². The van der Waals surface area contributed by atoms with Crippen LogP contribution >= 0.6 is 0 Å². The summed E-state index contributed by atoms with van der Waals surface area (Å²) >= 11 is -0.923. The summed E-state index contributed by atoms with van der Waals surface area (Å²) in [5.41, 5.74) is 2.61. The molecule has 0 aromatic carbocycles. The molecule has 0 bridgehead atoms. The van der Waals surface area contributed by atoms with Crippen LogP contribution in [-0.4, -0.2) is 23.1 Å². The highest BCUT2D eigenvalue weighted by molar-refractivity contribution is 6.56. The first-order valence-electron chi connectivity index (χ1n) is 10.7. The molecule has 1 aromatic heterocycles. The second kappa shape index (κ2) is 14.0. The molecule has 24 heavy (non-hydrogen) atoms. The number of hydrogen-bond acceptors (Lipinski definition) is 1. The van der Waals surface area contributed by atoms with Crippen LogP contribution in [0.3, 0.4) is 0 Å². The molecule has 138 valence electrons. The first-order chi connectivity index (χ1) is 11.7. The van der Waals surface area contributed by atoms with Crippen LogP contribution < -0.4 is 0 Å². The number of aromatic nitrogens is 2. The molecule has 0 aliphatic rings. The lowest BCUT2D eigenvalue weighted by atomic mass is 10.1. The van der Waals surface area contributed by atoms with Gasteiger partial charge in [-0.3, -0.25) is 0 Å². The molecule has 0 spiro atoms. The first kappa shape index (κ1) is 21.8. The molecule has 0 unspecified atom stereocenters. The molecule has 0 radical (unpaired) electrons. The van der Waals surface area contributed by atoms with Crippen molar-refractivity contribution in [1.29, 1.82) is 0 Å². The van der Waals surface area contributed by atoms with Crippen molar-refractivity contribution in [2.75, 3.05) is 0 Å². The highest BCUT2D eigenvalue weighted by Crippen LogP contribution is 2.18. The molecule has 0 N–H and O–H groups in total. The van der Waals surface area contributed by atoms with E-state index in [0.29, 0.717) is 0 Å². The summed E-state index contributed by atoms with van der Waals surface area (Å²) < 4.78 is 2.47. The highest BCUT2D eigenvalue weighted by Gasteiger charge is 2.23. The zero-order chi connectivity index (χ0) is 17.6. The Hall–Kier alpha value is -0.258. The smallest absolute Gasteiger partial charge is 0.362 e. The van der Waals surface area contributed by atoms with Crippen molar-refractivity contribution < 1.29 is 0 Å². The van der Waals surface area contributed by atoms with E-state index in [9.17, 15) is 0 Å². The lowest BCUT2D eigenvalue weighted by molar-refractivity contribution is 0.613. The summed E-state index contributed by atoms with van der Waals surface area (Å²) in [6.07, 6.45) is 17.0. The van der Waals surface area contributed by atoms with E-state index in [2.05, 4.69) is 37.4 Å². The number of rotatable bonds is 15. The van der Waals surface area contributed by atoms with E-state index in [-0.39, 0.29) is 0 Å². The average molecular weight is 349 g/mol. The van der Waals surface area contributed by atoms with Gasteiger partial charge in [-0.15, -0.1) is 0 Å². The van der Waals surface area contributed by atoms with Crippen LogP contribution in [0.5, 0.6) is 0 Å². The molecular formula is C21H41AlN2. The molecule has 2 nitrogen and oxygen atoms in total. The third-order valence-electron chi connectivity index (χ3n) is 5.17. The zero-order valence-corrected chi connectivity index (χ0v) is 18.1. The van der Waals surface area contributed by atoms with Crippen molar-refractivity contribution in [3.05, 3.63) is 17.5 Å². The van der Waals surface area contributed by atoms with E-state index in [1.165, 1.54) is 99.0 Å². The summed E-state index contributed by atoms with van der Waals surface area (Å²) in [5.74, 6) is 0. The largest absolute Gasteiger partial charge is 0.443 e. The van der Waals surface area contributed by atoms with Gasteiger partial charge in [-0.05, 0) is 19.9 Å². The Labute approximate surface area is 156 Å². The average Bonchev–Trinajstić information content (AvgIpc) is 2.90. The molecule has 0 atom stereocenters. The minimum absolute atomic E-state index is 0.923. The van der Waals surface area contributed by atoms with Gasteiger partial charge in [0.05, 0.1) is 5.69 Å². The molecular weight excluding hydrogens is 307 g/mol. The highest BCUT2D eigenvalue weighted by atomic mass is 27.2. The molecule has 0 aliphatic heterocycles. The Morgan fingerprint density at radius 3 is 1.62 bits per heavy atom. The molecule has 1 aromatic rings. The summed E-state index contributed by atoms with van der Waals surface area (Å²) in [5, 5.41) is 7.74. The van der Waals surface area contributed by atoms with Gasteiger partial charge in [-0.1, -0.05) is 101 Å². The van der Waals surface area contributed by atoms with Crippen LogP contribution in [0.1, 0.15) is 102 Å². The van der Waals surface area contributed by atoms with Gasteiger partial charge in [-0.25, -0.2) is 5.10 Å². The van der Waals surface area contributed by atoms with E-state index >= 15 is 0 Å². The number of aryl methyl sites for hydroxylation is 2. The molecule has 0 aliphatic carbocycles. The second-order valence-corrected chi connectivity index (χ2v) is 10.6. The zero-order valence-electron chi connectivity index (χ0n) is 16.9. The van der Waals surface area contributed by atoms with Crippen LogP contribution in [0.25, 0.3) is 0 Å². The van der Waals surface area contributed by atoms with E-state index in [1.54, 1.807) is 0 Å². The van der Waals surface area contributed by atoms with Gasteiger partial charge < -0.3 is 3.67 Å². The number of nitrogens with zero attached hydrogens (tertiary/aromatic N) is 2. The Morgan fingerprint density at radius 2 is 1.21 bits per heavy atom. The standard InChI is InChI=1S/2C8H17.C5H7N2.Al/c2*1-3-5-7-8-6-4-2;1-4-3-5(2)7-6-4;/h2*1,3-8H2,2H3;3H,1-2H3;/q;;-1;+1. The maximum absolute atomic E-state index is 4.85. The minimum Gasteiger partial charge on any atom is -0.362 e. The summed E-state index contributed by atoms with van der Waals surface area (Å²) in [7, 11) is 0. The van der Waals surface area contributed by atoms with Crippen LogP contribution in [0.4, 0.5) is 0 Å². The molecule has 1 rings (SSSR count). The third kappa shape index (κ3) is 9.28. The number of hydrogen-bond donors (Lipinski definition) is 0. The Morgan fingerprint density at radius 1 is 0.750 bits per heavy atom. The minimum atomic E-state index is -0.923. The summed E-state index contributed by atoms with van der Waals surface area (Å²) in [6, 6.07) is 2.27. The van der Waals surface area contributed by atoms with E-state index < -0.39 is 14.4 Å². The molecule has 1 heterocycles. The second-order valence-electron chi connectivity index (χ2n) is 7.64.